The largest absolute Gasteiger partial charge is 0.389 e. The first-order chi connectivity index (χ1) is 13.4. The number of fused-ring (bicyclic) bond motifs is 2. The zero-order chi connectivity index (χ0) is 19.7. The van der Waals surface area contributed by atoms with Crippen molar-refractivity contribution in [2.24, 2.45) is 0 Å². The molecule has 2 aromatic heterocycles. The minimum atomic E-state index is -4.20. The molecule has 1 aromatic carbocycles. The number of hydrogen-bond donors (Lipinski definition) is 0. The van der Waals surface area contributed by atoms with Crippen molar-refractivity contribution in [2.45, 2.75) is 51.7 Å². The first-order valence-electron chi connectivity index (χ1n) is 9.40. The maximum Gasteiger partial charge on any atom is 0.389 e. The Morgan fingerprint density at radius 2 is 2.07 bits per heavy atom. The van der Waals surface area contributed by atoms with E-state index >= 15 is 0 Å². The zero-order valence-corrected chi connectivity index (χ0v) is 15.5. The first-order valence-corrected chi connectivity index (χ1v) is 9.40. The van der Waals surface area contributed by atoms with Crippen LogP contribution in [0.3, 0.4) is 0 Å². The number of alkyl halides is 3. The fourth-order valence-electron chi connectivity index (χ4n) is 3.51. The SMILES string of the molecule is CCn1nnc2ccc(C3=CCCCc4nc(CCC(F)(F)F)ncc43)cc21. The van der Waals surface area contributed by atoms with Gasteiger partial charge in [0.05, 0.1) is 17.6 Å². The number of aromatic nitrogens is 5. The Bertz CT molecular complexity index is 1040. The Labute approximate surface area is 160 Å². The molecule has 1 aliphatic carbocycles. The van der Waals surface area contributed by atoms with Gasteiger partial charge in [-0.05, 0) is 49.5 Å². The third-order valence-electron chi connectivity index (χ3n) is 4.93. The summed E-state index contributed by atoms with van der Waals surface area (Å²) < 4.78 is 39.4. The molecule has 4 rings (SSSR count). The lowest BCUT2D eigenvalue weighted by atomic mass is 9.97. The van der Waals surface area contributed by atoms with Crippen LogP contribution in [-0.4, -0.2) is 31.1 Å². The van der Waals surface area contributed by atoms with Crippen molar-refractivity contribution in [2.75, 3.05) is 0 Å². The van der Waals surface area contributed by atoms with Crippen molar-refractivity contribution in [3.8, 4) is 0 Å². The number of aryl methyl sites for hydroxylation is 3. The fraction of sp³-hybridized carbons (Fsp3) is 0.400. The molecule has 3 aromatic rings. The maximum atomic E-state index is 12.5. The standard InChI is InChI=1S/C20H20F3N5/c1-2-28-18-11-13(7-8-17(18)26-27-28)14-5-3-4-6-16-15(14)12-24-19(25-16)9-10-20(21,22)23/h5,7-8,11-12H,2-4,6,9-10H2,1H3. The molecule has 0 bridgehead atoms. The lowest BCUT2D eigenvalue weighted by molar-refractivity contribution is -0.134. The van der Waals surface area contributed by atoms with Crippen LogP contribution in [0.25, 0.3) is 16.6 Å². The van der Waals surface area contributed by atoms with Crippen molar-refractivity contribution in [3.05, 3.63) is 53.1 Å². The predicted octanol–water partition coefficient (Wildman–Crippen LogP) is 4.50. The van der Waals surface area contributed by atoms with Gasteiger partial charge in [-0.1, -0.05) is 17.4 Å². The van der Waals surface area contributed by atoms with Crippen molar-refractivity contribution in [3.63, 3.8) is 0 Å². The highest BCUT2D eigenvalue weighted by Crippen LogP contribution is 2.31. The smallest absolute Gasteiger partial charge is 0.245 e. The van der Waals surface area contributed by atoms with E-state index in [2.05, 4.69) is 32.4 Å². The Kier molecular flexibility index (Phi) is 4.87. The molecule has 2 heterocycles. The number of nitrogens with zero attached hydrogens (tertiary/aromatic N) is 5. The minimum Gasteiger partial charge on any atom is -0.245 e. The fourth-order valence-corrected chi connectivity index (χ4v) is 3.51. The van der Waals surface area contributed by atoms with Gasteiger partial charge in [-0.3, -0.25) is 0 Å². The van der Waals surface area contributed by atoms with Gasteiger partial charge >= 0.3 is 6.18 Å². The second kappa shape index (κ2) is 7.33. The Hall–Kier alpha value is -2.77. The number of benzene rings is 1. The van der Waals surface area contributed by atoms with Crippen LogP contribution in [0.4, 0.5) is 13.2 Å². The summed E-state index contributed by atoms with van der Waals surface area (Å²) >= 11 is 0. The third-order valence-corrected chi connectivity index (χ3v) is 4.93. The second-order valence-corrected chi connectivity index (χ2v) is 6.88. The van der Waals surface area contributed by atoms with Gasteiger partial charge in [-0.25, -0.2) is 14.6 Å². The van der Waals surface area contributed by atoms with Crippen LogP contribution >= 0.6 is 0 Å². The Morgan fingerprint density at radius 3 is 2.86 bits per heavy atom. The van der Waals surface area contributed by atoms with Crippen LogP contribution in [-0.2, 0) is 19.4 Å². The van der Waals surface area contributed by atoms with Gasteiger partial charge in [0.25, 0.3) is 0 Å². The van der Waals surface area contributed by atoms with Crippen molar-refractivity contribution >= 4 is 16.6 Å². The van der Waals surface area contributed by atoms with Crippen LogP contribution in [0.2, 0.25) is 0 Å². The normalized spacial score (nSPS) is 14.6. The molecule has 0 unspecified atom stereocenters. The summed E-state index contributed by atoms with van der Waals surface area (Å²) in [6.45, 7) is 2.73. The van der Waals surface area contributed by atoms with E-state index in [9.17, 15) is 13.2 Å². The molecular formula is C20H20F3N5. The van der Waals surface area contributed by atoms with Crippen LogP contribution in [0.1, 0.15) is 48.8 Å². The summed E-state index contributed by atoms with van der Waals surface area (Å²) in [7, 11) is 0. The molecule has 28 heavy (non-hydrogen) atoms. The van der Waals surface area contributed by atoms with Crippen LogP contribution in [0.15, 0.2) is 30.5 Å². The molecule has 0 spiro atoms. The lowest BCUT2D eigenvalue weighted by Crippen LogP contribution is -2.11. The maximum absolute atomic E-state index is 12.5. The predicted molar refractivity (Wildman–Crippen MR) is 99.6 cm³/mol. The average Bonchev–Trinajstić information content (AvgIpc) is 2.96. The van der Waals surface area contributed by atoms with E-state index in [1.165, 1.54) is 0 Å². The van der Waals surface area contributed by atoms with E-state index in [1.54, 1.807) is 6.20 Å². The van der Waals surface area contributed by atoms with Gasteiger partial charge in [0, 0.05) is 24.7 Å². The molecule has 8 heteroatoms. The van der Waals surface area contributed by atoms with Crippen molar-refractivity contribution in [1.82, 2.24) is 25.0 Å². The minimum absolute atomic E-state index is 0.191. The number of allylic oxidation sites excluding steroid dienone is 1. The molecule has 0 radical (unpaired) electrons. The highest BCUT2D eigenvalue weighted by molar-refractivity contribution is 5.86. The molecule has 0 saturated carbocycles. The molecule has 0 amide bonds. The van der Waals surface area contributed by atoms with E-state index < -0.39 is 12.6 Å². The summed E-state index contributed by atoms with van der Waals surface area (Å²) in [5.41, 5.74) is 5.52. The molecular weight excluding hydrogens is 367 g/mol. The van der Waals surface area contributed by atoms with Gasteiger partial charge in [-0.2, -0.15) is 13.2 Å². The van der Waals surface area contributed by atoms with Gasteiger partial charge < -0.3 is 0 Å². The van der Waals surface area contributed by atoms with E-state index in [-0.39, 0.29) is 12.2 Å². The van der Waals surface area contributed by atoms with E-state index in [0.717, 1.165) is 59.2 Å². The molecule has 0 N–H and O–H groups in total. The zero-order valence-electron chi connectivity index (χ0n) is 15.5. The molecule has 0 atom stereocenters. The molecule has 0 fully saturated rings. The highest BCUT2D eigenvalue weighted by atomic mass is 19.4. The van der Waals surface area contributed by atoms with Crippen LogP contribution in [0.5, 0.6) is 0 Å². The quantitative estimate of drug-likeness (QED) is 0.661. The second-order valence-electron chi connectivity index (χ2n) is 6.88. The average molecular weight is 387 g/mol. The van der Waals surface area contributed by atoms with Gasteiger partial charge in [0.15, 0.2) is 0 Å². The van der Waals surface area contributed by atoms with E-state index in [0.29, 0.717) is 0 Å². The lowest BCUT2D eigenvalue weighted by Gasteiger charge is -2.12. The summed E-state index contributed by atoms with van der Waals surface area (Å²) in [4.78, 5) is 8.67. The number of rotatable bonds is 4. The van der Waals surface area contributed by atoms with Crippen molar-refractivity contribution in [1.29, 1.82) is 0 Å². The number of hydrogen-bond acceptors (Lipinski definition) is 4. The molecule has 0 saturated heterocycles. The van der Waals surface area contributed by atoms with Crippen LogP contribution in [0, 0.1) is 0 Å². The topological polar surface area (TPSA) is 56.5 Å². The summed E-state index contributed by atoms with van der Waals surface area (Å²) in [6.07, 6.45) is 1.05. The highest BCUT2D eigenvalue weighted by Gasteiger charge is 2.27. The van der Waals surface area contributed by atoms with Gasteiger partial charge in [0.1, 0.15) is 11.3 Å². The molecule has 1 aliphatic rings. The first kappa shape index (κ1) is 18.6. The Morgan fingerprint density at radius 1 is 1.21 bits per heavy atom. The van der Waals surface area contributed by atoms with Gasteiger partial charge in [-0.15, -0.1) is 5.10 Å². The van der Waals surface area contributed by atoms with E-state index in [4.69, 9.17) is 0 Å². The molecule has 146 valence electrons. The Balaban J connectivity index is 1.71. The van der Waals surface area contributed by atoms with E-state index in [1.807, 2.05) is 23.7 Å². The summed E-state index contributed by atoms with van der Waals surface area (Å²) in [6, 6.07) is 5.99. The molecule has 5 nitrogen and oxygen atoms in total. The van der Waals surface area contributed by atoms with Gasteiger partial charge in [0.2, 0.25) is 0 Å². The van der Waals surface area contributed by atoms with Crippen LogP contribution < -0.4 is 0 Å². The summed E-state index contributed by atoms with van der Waals surface area (Å²) in [5.74, 6) is 0.251. The molecule has 0 aliphatic heterocycles. The monoisotopic (exact) mass is 387 g/mol. The summed E-state index contributed by atoms with van der Waals surface area (Å²) in [5, 5.41) is 8.31. The van der Waals surface area contributed by atoms with Crippen molar-refractivity contribution < 1.29 is 13.2 Å². The third kappa shape index (κ3) is 3.76. The number of halogens is 3.